The Labute approximate surface area is 154 Å². The van der Waals surface area contributed by atoms with E-state index in [-0.39, 0.29) is 12.3 Å². The maximum absolute atomic E-state index is 12.0. The van der Waals surface area contributed by atoms with Crippen LogP contribution < -0.4 is 5.43 Å². The number of nitrogens with one attached hydrogen (secondary N) is 2. The van der Waals surface area contributed by atoms with Crippen LogP contribution in [0, 0.1) is 6.92 Å². The van der Waals surface area contributed by atoms with E-state index in [1.165, 1.54) is 5.56 Å². The number of benzene rings is 2. The summed E-state index contributed by atoms with van der Waals surface area (Å²) in [6.45, 7) is 2.04. The fourth-order valence-electron chi connectivity index (χ4n) is 2.35. The first kappa shape index (κ1) is 17.1. The number of amides is 1. The number of hydrogen-bond acceptors (Lipinski definition) is 3. The second kappa shape index (κ2) is 7.90. The molecule has 6 heteroatoms. The zero-order valence-electron chi connectivity index (χ0n) is 13.7. The Hall–Kier alpha value is -2.73. The van der Waals surface area contributed by atoms with Crippen LogP contribution >= 0.6 is 15.9 Å². The van der Waals surface area contributed by atoms with Crippen molar-refractivity contribution in [1.82, 2.24) is 15.6 Å². The first-order valence-electron chi connectivity index (χ1n) is 7.78. The monoisotopic (exact) mass is 396 g/mol. The lowest BCUT2D eigenvalue weighted by atomic mass is 10.1. The lowest BCUT2D eigenvalue weighted by Gasteiger charge is -2.02. The van der Waals surface area contributed by atoms with E-state index in [1.54, 1.807) is 12.4 Å². The van der Waals surface area contributed by atoms with Gasteiger partial charge in [0.2, 0.25) is 5.91 Å². The third-order valence-electron chi connectivity index (χ3n) is 3.68. The number of nitrogens with zero attached hydrogens (tertiary/aromatic N) is 2. The van der Waals surface area contributed by atoms with Crippen molar-refractivity contribution < 1.29 is 4.79 Å². The van der Waals surface area contributed by atoms with Gasteiger partial charge in [0.25, 0.3) is 0 Å². The molecule has 5 nitrogen and oxygen atoms in total. The van der Waals surface area contributed by atoms with Crippen LogP contribution in [0.2, 0.25) is 0 Å². The molecule has 0 atom stereocenters. The van der Waals surface area contributed by atoms with Gasteiger partial charge in [0, 0.05) is 15.6 Å². The number of rotatable bonds is 5. The van der Waals surface area contributed by atoms with Gasteiger partial charge >= 0.3 is 0 Å². The molecule has 3 aromatic rings. The maximum atomic E-state index is 12.0. The molecule has 25 heavy (non-hydrogen) atoms. The molecule has 1 aromatic heterocycles. The molecule has 0 saturated heterocycles. The highest BCUT2D eigenvalue weighted by Crippen LogP contribution is 2.20. The van der Waals surface area contributed by atoms with Crippen LogP contribution in [0.25, 0.3) is 11.3 Å². The van der Waals surface area contributed by atoms with Crippen LogP contribution in [0.15, 0.2) is 64.3 Å². The third kappa shape index (κ3) is 4.64. The van der Waals surface area contributed by atoms with Gasteiger partial charge in [-0.05, 0) is 24.6 Å². The van der Waals surface area contributed by atoms with Crippen LogP contribution in [-0.2, 0) is 11.2 Å². The Bertz CT molecular complexity index is 883. The SMILES string of the molecule is Cc1ccc(-c2[nH]ncc2/C=N\NC(=O)Cc2ccc(Br)cc2)cc1. The Morgan fingerprint density at radius 1 is 1.20 bits per heavy atom. The summed E-state index contributed by atoms with van der Waals surface area (Å²) in [6.07, 6.45) is 3.55. The van der Waals surface area contributed by atoms with Crippen molar-refractivity contribution in [2.75, 3.05) is 0 Å². The van der Waals surface area contributed by atoms with Gasteiger partial charge in [-0.1, -0.05) is 57.9 Å². The van der Waals surface area contributed by atoms with E-state index in [0.717, 1.165) is 26.9 Å². The van der Waals surface area contributed by atoms with Gasteiger partial charge in [0.1, 0.15) is 0 Å². The molecule has 2 aromatic carbocycles. The molecule has 0 aliphatic rings. The molecule has 2 N–H and O–H groups in total. The first-order valence-corrected chi connectivity index (χ1v) is 8.58. The van der Waals surface area contributed by atoms with E-state index in [0.29, 0.717) is 0 Å². The fourth-order valence-corrected chi connectivity index (χ4v) is 2.61. The number of aryl methyl sites for hydroxylation is 1. The van der Waals surface area contributed by atoms with Gasteiger partial charge in [-0.3, -0.25) is 9.89 Å². The number of hydrazone groups is 1. The largest absolute Gasteiger partial charge is 0.277 e. The molecule has 0 spiro atoms. The Morgan fingerprint density at radius 3 is 2.64 bits per heavy atom. The molecule has 0 saturated carbocycles. The van der Waals surface area contributed by atoms with E-state index >= 15 is 0 Å². The van der Waals surface area contributed by atoms with E-state index in [2.05, 4.69) is 36.7 Å². The lowest BCUT2D eigenvalue weighted by Crippen LogP contribution is -2.19. The van der Waals surface area contributed by atoms with Crippen molar-refractivity contribution in [2.45, 2.75) is 13.3 Å². The number of halogens is 1. The van der Waals surface area contributed by atoms with Crippen LogP contribution in [0.4, 0.5) is 0 Å². The summed E-state index contributed by atoms with van der Waals surface area (Å²) in [5.41, 5.74) is 7.37. The molecular formula is C19H17BrN4O. The van der Waals surface area contributed by atoms with Gasteiger partial charge < -0.3 is 0 Å². The summed E-state index contributed by atoms with van der Waals surface area (Å²) in [6, 6.07) is 15.7. The maximum Gasteiger partial charge on any atom is 0.244 e. The summed E-state index contributed by atoms with van der Waals surface area (Å²) >= 11 is 3.37. The van der Waals surface area contributed by atoms with E-state index in [4.69, 9.17) is 0 Å². The van der Waals surface area contributed by atoms with E-state index in [1.807, 2.05) is 55.5 Å². The molecule has 3 rings (SSSR count). The molecule has 0 fully saturated rings. The Kier molecular flexibility index (Phi) is 5.40. The topological polar surface area (TPSA) is 70.1 Å². The molecule has 0 aliphatic heterocycles. The normalized spacial score (nSPS) is 11.0. The highest BCUT2D eigenvalue weighted by Gasteiger charge is 2.06. The highest BCUT2D eigenvalue weighted by molar-refractivity contribution is 9.10. The average Bonchev–Trinajstić information content (AvgIpc) is 3.06. The van der Waals surface area contributed by atoms with Gasteiger partial charge in [-0.25, -0.2) is 5.43 Å². The Balaban J connectivity index is 1.63. The molecule has 0 bridgehead atoms. The van der Waals surface area contributed by atoms with Crippen LogP contribution in [0.3, 0.4) is 0 Å². The number of carbonyl (C=O) groups is 1. The minimum atomic E-state index is -0.168. The van der Waals surface area contributed by atoms with E-state index < -0.39 is 0 Å². The molecule has 1 heterocycles. The number of hydrogen-bond donors (Lipinski definition) is 2. The average molecular weight is 397 g/mol. The van der Waals surface area contributed by atoms with Crippen molar-refractivity contribution in [3.8, 4) is 11.3 Å². The van der Waals surface area contributed by atoms with E-state index in [9.17, 15) is 4.79 Å². The molecule has 1 amide bonds. The highest BCUT2D eigenvalue weighted by atomic mass is 79.9. The van der Waals surface area contributed by atoms with Crippen LogP contribution in [-0.4, -0.2) is 22.3 Å². The molecular weight excluding hydrogens is 380 g/mol. The third-order valence-corrected chi connectivity index (χ3v) is 4.21. The zero-order valence-corrected chi connectivity index (χ0v) is 15.2. The quantitative estimate of drug-likeness (QED) is 0.507. The second-order valence-electron chi connectivity index (χ2n) is 5.66. The van der Waals surface area contributed by atoms with Gasteiger partial charge in [-0.2, -0.15) is 10.2 Å². The Morgan fingerprint density at radius 2 is 1.92 bits per heavy atom. The molecule has 0 unspecified atom stereocenters. The molecule has 0 aliphatic carbocycles. The smallest absolute Gasteiger partial charge is 0.244 e. The summed E-state index contributed by atoms with van der Waals surface area (Å²) in [7, 11) is 0. The summed E-state index contributed by atoms with van der Waals surface area (Å²) in [5.74, 6) is -0.168. The van der Waals surface area contributed by atoms with Crippen molar-refractivity contribution in [1.29, 1.82) is 0 Å². The summed E-state index contributed by atoms with van der Waals surface area (Å²) in [5, 5.41) is 11.1. The van der Waals surface area contributed by atoms with Crippen LogP contribution in [0.1, 0.15) is 16.7 Å². The second-order valence-corrected chi connectivity index (χ2v) is 6.58. The molecule has 126 valence electrons. The lowest BCUT2D eigenvalue weighted by molar-refractivity contribution is -0.120. The van der Waals surface area contributed by atoms with Gasteiger partial charge in [0.05, 0.1) is 24.5 Å². The standard InChI is InChI=1S/C19H17BrN4O/c1-13-2-6-15(7-3-13)19-16(12-22-24-19)11-21-23-18(25)10-14-4-8-17(20)9-5-14/h2-9,11-12H,10H2,1H3,(H,22,24)(H,23,25)/b21-11-. The number of aromatic amines is 1. The summed E-state index contributed by atoms with van der Waals surface area (Å²) in [4.78, 5) is 12.0. The summed E-state index contributed by atoms with van der Waals surface area (Å²) < 4.78 is 0.985. The first-order chi connectivity index (χ1) is 12.1. The minimum absolute atomic E-state index is 0.168. The fraction of sp³-hybridized carbons (Fsp3) is 0.105. The van der Waals surface area contributed by atoms with Gasteiger partial charge in [-0.15, -0.1) is 0 Å². The van der Waals surface area contributed by atoms with Crippen molar-refractivity contribution in [3.05, 3.63) is 75.9 Å². The number of H-pyrrole nitrogens is 1. The predicted octanol–water partition coefficient (Wildman–Crippen LogP) is 3.84. The van der Waals surface area contributed by atoms with Crippen LogP contribution in [0.5, 0.6) is 0 Å². The predicted molar refractivity (Wildman–Crippen MR) is 102 cm³/mol. The minimum Gasteiger partial charge on any atom is -0.277 e. The van der Waals surface area contributed by atoms with Crippen molar-refractivity contribution in [3.63, 3.8) is 0 Å². The number of aromatic nitrogens is 2. The van der Waals surface area contributed by atoms with Gasteiger partial charge in [0.15, 0.2) is 0 Å². The number of carbonyl (C=O) groups excluding carboxylic acids is 1. The zero-order chi connectivity index (χ0) is 17.6. The molecule has 0 radical (unpaired) electrons. The van der Waals surface area contributed by atoms with Crippen molar-refractivity contribution >= 4 is 28.1 Å². The van der Waals surface area contributed by atoms with Crippen molar-refractivity contribution in [2.24, 2.45) is 5.10 Å².